The number of fused-ring (bicyclic) bond motifs is 1. The van der Waals surface area contributed by atoms with E-state index in [0.29, 0.717) is 5.39 Å². The molecule has 4 aromatic rings. The lowest BCUT2D eigenvalue weighted by Crippen LogP contribution is -2.12. The average molecular weight is 450 g/mol. The lowest BCUT2D eigenvalue weighted by molar-refractivity contribution is 0.441. The van der Waals surface area contributed by atoms with Gasteiger partial charge in [-0.3, -0.25) is 0 Å². The van der Waals surface area contributed by atoms with E-state index >= 15 is 4.39 Å². The summed E-state index contributed by atoms with van der Waals surface area (Å²) in [6.45, 7) is 12.6. The van der Waals surface area contributed by atoms with Gasteiger partial charge in [0.1, 0.15) is 11.6 Å². The second-order valence-electron chi connectivity index (χ2n) is 6.99. The van der Waals surface area contributed by atoms with Gasteiger partial charge in [-0.15, -0.1) is 0 Å². The van der Waals surface area contributed by atoms with Gasteiger partial charge < -0.3 is 4.74 Å². The minimum absolute atomic E-state index is 0.0606. The Kier molecular flexibility index (Phi) is 5.28. The third-order valence-corrected chi connectivity index (χ3v) is 6.65. The van der Waals surface area contributed by atoms with E-state index in [2.05, 4.69) is 11.4 Å². The molecule has 3 aromatic carbocycles. The maximum atomic E-state index is 15.1. The van der Waals surface area contributed by atoms with Crippen LogP contribution in [0.25, 0.3) is 21.8 Å². The zero-order valence-electron chi connectivity index (χ0n) is 16.8. The molecule has 1 aromatic heterocycles. The summed E-state index contributed by atoms with van der Waals surface area (Å²) >= 11 is 0. The fourth-order valence-electron chi connectivity index (χ4n) is 3.33. The summed E-state index contributed by atoms with van der Waals surface area (Å²) in [6.07, 6.45) is 2.69. The van der Waals surface area contributed by atoms with Crippen LogP contribution in [-0.2, 0) is 10.0 Å². The van der Waals surface area contributed by atoms with Gasteiger partial charge in [-0.2, -0.15) is 0 Å². The number of aryl methyl sites for hydroxylation is 1. The van der Waals surface area contributed by atoms with Crippen LogP contribution < -0.4 is 4.74 Å². The van der Waals surface area contributed by atoms with Gasteiger partial charge in [0.15, 0.2) is 11.6 Å². The van der Waals surface area contributed by atoms with Gasteiger partial charge in [0, 0.05) is 23.2 Å². The molecule has 0 N–H and O–H groups in total. The molecule has 1 heterocycles. The van der Waals surface area contributed by atoms with Crippen molar-refractivity contribution in [3.05, 3.63) is 102 Å². The summed E-state index contributed by atoms with van der Waals surface area (Å²) in [7, 11) is -3.97. The normalized spacial score (nSPS) is 11.3. The molecule has 0 aliphatic heterocycles. The molecule has 5 nitrogen and oxygen atoms in total. The Balaban J connectivity index is 1.86. The molecule has 0 aliphatic carbocycles. The van der Waals surface area contributed by atoms with Crippen LogP contribution in [0.1, 0.15) is 11.1 Å². The molecule has 0 atom stereocenters. The molecule has 0 radical (unpaired) electrons. The summed E-state index contributed by atoms with van der Waals surface area (Å²) < 4.78 is 61.6. The van der Waals surface area contributed by atoms with Crippen molar-refractivity contribution in [2.45, 2.75) is 11.8 Å². The van der Waals surface area contributed by atoms with Crippen molar-refractivity contribution in [1.82, 2.24) is 3.97 Å². The Bertz CT molecular complexity index is 1520. The third kappa shape index (κ3) is 3.53. The minimum Gasteiger partial charge on any atom is -0.455 e. The van der Waals surface area contributed by atoms with Gasteiger partial charge in [-0.25, -0.2) is 26.0 Å². The van der Waals surface area contributed by atoms with Gasteiger partial charge in [-0.05, 0) is 43.3 Å². The smallest absolute Gasteiger partial charge is 0.268 e. The van der Waals surface area contributed by atoms with Crippen LogP contribution in [-0.4, -0.2) is 12.4 Å². The summed E-state index contributed by atoms with van der Waals surface area (Å²) in [5.41, 5.74) is 0.988. The molecule has 0 spiro atoms. The summed E-state index contributed by atoms with van der Waals surface area (Å²) in [4.78, 5) is 3.13. The quantitative estimate of drug-likeness (QED) is 0.328. The van der Waals surface area contributed by atoms with E-state index in [1.165, 1.54) is 36.5 Å². The standard InChI is InChI=1S/C24H16F2N2O3S/c1-4-18-19-11-12-28(32(29,30)17-8-5-15(2)6-9-17)23(19)14-21(26)24(18)31-16-7-10-20(25)22(13-16)27-3/h4-14H,1H2,2H3. The van der Waals surface area contributed by atoms with Crippen molar-refractivity contribution in [1.29, 1.82) is 0 Å². The molecule has 0 fully saturated rings. The Morgan fingerprint density at radius 1 is 1.06 bits per heavy atom. The number of halogens is 2. The Morgan fingerprint density at radius 3 is 2.44 bits per heavy atom. The molecule has 160 valence electrons. The van der Waals surface area contributed by atoms with Crippen LogP contribution in [0.5, 0.6) is 11.5 Å². The first-order valence-corrected chi connectivity index (χ1v) is 10.8. The lowest BCUT2D eigenvalue weighted by Gasteiger charge is -2.13. The Morgan fingerprint density at radius 2 is 1.78 bits per heavy atom. The van der Waals surface area contributed by atoms with Crippen molar-refractivity contribution in [2.75, 3.05) is 0 Å². The largest absolute Gasteiger partial charge is 0.455 e. The topological polar surface area (TPSA) is 52.7 Å². The average Bonchev–Trinajstić information content (AvgIpc) is 3.20. The lowest BCUT2D eigenvalue weighted by atomic mass is 10.1. The van der Waals surface area contributed by atoms with Crippen LogP contribution in [0, 0.1) is 25.1 Å². The fraction of sp³-hybridized carbons (Fsp3) is 0.0417. The number of hydrogen-bond acceptors (Lipinski definition) is 3. The van der Waals surface area contributed by atoms with E-state index in [1.54, 1.807) is 12.1 Å². The third-order valence-electron chi connectivity index (χ3n) is 4.95. The highest BCUT2D eigenvalue weighted by Crippen LogP contribution is 2.38. The number of nitrogens with zero attached hydrogens (tertiary/aromatic N) is 2. The van der Waals surface area contributed by atoms with Gasteiger partial charge in [0.25, 0.3) is 10.0 Å². The van der Waals surface area contributed by atoms with Gasteiger partial charge >= 0.3 is 0 Å². The SMILES string of the molecule is [C-]#[N+]c1cc(Oc2c(F)cc3c(ccn3S(=O)(=O)c3ccc(C)cc3)c2C=C)ccc1F. The van der Waals surface area contributed by atoms with E-state index in [0.717, 1.165) is 27.7 Å². The maximum absolute atomic E-state index is 15.1. The van der Waals surface area contributed by atoms with Gasteiger partial charge in [0.05, 0.1) is 17.0 Å². The molecule has 0 saturated carbocycles. The van der Waals surface area contributed by atoms with Gasteiger partial charge in [0.2, 0.25) is 5.69 Å². The van der Waals surface area contributed by atoms with Crippen molar-refractivity contribution < 1.29 is 21.9 Å². The molecule has 0 aliphatic rings. The van der Waals surface area contributed by atoms with Crippen LogP contribution in [0.4, 0.5) is 14.5 Å². The summed E-state index contributed by atoms with van der Waals surface area (Å²) in [5.74, 6) is -1.70. The van der Waals surface area contributed by atoms with Crippen molar-refractivity contribution >= 4 is 32.7 Å². The molecular weight excluding hydrogens is 434 g/mol. The van der Waals surface area contributed by atoms with Crippen molar-refractivity contribution in [2.24, 2.45) is 0 Å². The second-order valence-corrected chi connectivity index (χ2v) is 8.81. The first kappa shape index (κ1) is 21.3. The van der Waals surface area contributed by atoms with Crippen LogP contribution in [0.15, 0.2) is 72.3 Å². The minimum atomic E-state index is -3.97. The molecule has 8 heteroatoms. The second kappa shape index (κ2) is 7.94. The molecule has 4 rings (SSSR count). The van der Waals surface area contributed by atoms with E-state index in [1.807, 2.05) is 6.92 Å². The van der Waals surface area contributed by atoms with E-state index in [-0.39, 0.29) is 33.2 Å². The molecule has 0 unspecified atom stereocenters. The van der Waals surface area contributed by atoms with E-state index in [9.17, 15) is 12.8 Å². The van der Waals surface area contributed by atoms with E-state index < -0.39 is 21.7 Å². The first-order valence-electron chi connectivity index (χ1n) is 9.39. The monoisotopic (exact) mass is 450 g/mol. The van der Waals surface area contributed by atoms with Crippen molar-refractivity contribution in [3.8, 4) is 11.5 Å². The Labute approximate surface area is 183 Å². The molecule has 0 bridgehead atoms. The van der Waals surface area contributed by atoms with Crippen LogP contribution >= 0.6 is 0 Å². The summed E-state index contributed by atoms with van der Waals surface area (Å²) in [6, 6.07) is 12.4. The van der Waals surface area contributed by atoms with E-state index in [4.69, 9.17) is 11.3 Å². The molecule has 32 heavy (non-hydrogen) atoms. The predicted molar refractivity (Wildman–Crippen MR) is 118 cm³/mol. The Hall–Kier alpha value is -3.96. The maximum Gasteiger partial charge on any atom is 0.268 e. The highest BCUT2D eigenvalue weighted by atomic mass is 32.2. The van der Waals surface area contributed by atoms with Crippen LogP contribution in [0.2, 0.25) is 0 Å². The number of hydrogen-bond donors (Lipinski definition) is 0. The summed E-state index contributed by atoms with van der Waals surface area (Å²) in [5, 5.41) is 0.402. The number of rotatable bonds is 5. The first-order chi connectivity index (χ1) is 15.3. The highest BCUT2D eigenvalue weighted by Gasteiger charge is 2.23. The number of ether oxygens (including phenoxy) is 1. The van der Waals surface area contributed by atoms with Crippen LogP contribution in [0.3, 0.4) is 0 Å². The number of benzene rings is 3. The zero-order valence-corrected chi connectivity index (χ0v) is 17.7. The molecule has 0 saturated heterocycles. The van der Waals surface area contributed by atoms with Gasteiger partial charge in [-0.1, -0.05) is 30.4 Å². The fourth-order valence-corrected chi connectivity index (χ4v) is 4.67. The molecule has 0 amide bonds. The number of aromatic nitrogens is 1. The van der Waals surface area contributed by atoms with Crippen molar-refractivity contribution in [3.63, 3.8) is 0 Å². The zero-order chi connectivity index (χ0) is 23.0. The highest BCUT2D eigenvalue weighted by molar-refractivity contribution is 7.90. The molecular formula is C24H16F2N2O3S. The predicted octanol–water partition coefficient (Wildman–Crippen LogP) is 6.45.